The third-order valence-corrected chi connectivity index (χ3v) is 2.76. The fraction of sp³-hybridized carbons (Fsp3) is 0.333. The van der Waals surface area contributed by atoms with Crippen LogP contribution in [0.15, 0.2) is 30.3 Å². The van der Waals surface area contributed by atoms with E-state index in [0.29, 0.717) is 5.69 Å². The lowest BCUT2D eigenvalue weighted by atomic mass is 10.1. The highest BCUT2D eigenvalue weighted by Gasteiger charge is 2.20. The van der Waals surface area contributed by atoms with E-state index in [-0.39, 0.29) is 24.1 Å². The summed E-state index contributed by atoms with van der Waals surface area (Å²) in [7, 11) is 0. The lowest BCUT2D eigenvalue weighted by molar-refractivity contribution is -0.148. The zero-order valence-electron chi connectivity index (χ0n) is 12.2. The number of rotatable bonds is 5. The summed E-state index contributed by atoms with van der Waals surface area (Å²) in [6.07, 6.45) is -0.200. The van der Waals surface area contributed by atoms with Crippen molar-refractivity contribution in [3.05, 3.63) is 36.0 Å². The second-order valence-electron chi connectivity index (χ2n) is 4.91. The van der Waals surface area contributed by atoms with Crippen LogP contribution in [-0.2, 0) is 16.1 Å². The molecule has 1 heterocycles. The van der Waals surface area contributed by atoms with E-state index in [1.54, 1.807) is 13.8 Å². The Morgan fingerprint density at radius 3 is 2.48 bits per heavy atom. The van der Waals surface area contributed by atoms with E-state index in [1.807, 2.05) is 30.3 Å². The minimum Gasteiger partial charge on any atom is -0.462 e. The zero-order valence-corrected chi connectivity index (χ0v) is 12.2. The number of carbonyl (C=O) groups excluding carboxylic acids is 2. The van der Waals surface area contributed by atoms with Crippen LogP contribution < -0.4 is 0 Å². The van der Waals surface area contributed by atoms with Crippen LogP contribution in [0.25, 0.3) is 11.3 Å². The van der Waals surface area contributed by atoms with Gasteiger partial charge in [-0.15, -0.1) is 5.10 Å². The number of carbonyl (C=O) groups is 2. The van der Waals surface area contributed by atoms with E-state index >= 15 is 0 Å². The maximum Gasteiger partial charge on any atom is 0.328 e. The Morgan fingerprint density at radius 2 is 1.90 bits per heavy atom. The molecule has 0 saturated carbocycles. The summed E-state index contributed by atoms with van der Waals surface area (Å²) >= 11 is 0. The molecule has 1 aromatic heterocycles. The van der Waals surface area contributed by atoms with Crippen LogP contribution in [-0.4, -0.2) is 32.9 Å². The Balaban J connectivity index is 2.39. The minimum absolute atomic E-state index is 0.0807. The first-order chi connectivity index (χ1) is 9.99. The monoisotopic (exact) mass is 287 g/mol. The summed E-state index contributed by atoms with van der Waals surface area (Å²) in [6.45, 7) is 4.90. The van der Waals surface area contributed by atoms with Crippen LogP contribution in [0, 0.1) is 0 Å². The number of ketones is 1. The highest BCUT2D eigenvalue weighted by Crippen LogP contribution is 2.22. The normalized spacial score (nSPS) is 10.7. The lowest BCUT2D eigenvalue weighted by Crippen LogP contribution is -2.19. The molecule has 0 amide bonds. The highest BCUT2D eigenvalue weighted by atomic mass is 16.5. The fourth-order valence-corrected chi connectivity index (χ4v) is 1.97. The summed E-state index contributed by atoms with van der Waals surface area (Å²) in [5.41, 5.74) is 1.56. The number of esters is 1. The van der Waals surface area contributed by atoms with E-state index in [0.717, 1.165) is 5.56 Å². The smallest absolute Gasteiger partial charge is 0.328 e. The van der Waals surface area contributed by atoms with Gasteiger partial charge in [-0.05, 0) is 13.8 Å². The maximum atomic E-state index is 11.8. The van der Waals surface area contributed by atoms with Gasteiger partial charge in [0.05, 0.1) is 6.10 Å². The molecule has 1 aromatic carbocycles. The van der Waals surface area contributed by atoms with Gasteiger partial charge in [0.25, 0.3) is 0 Å². The Morgan fingerprint density at radius 1 is 1.24 bits per heavy atom. The van der Waals surface area contributed by atoms with Crippen LogP contribution in [0.4, 0.5) is 0 Å². The van der Waals surface area contributed by atoms with Crippen molar-refractivity contribution in [3.63, 3.8) is 0 Å². The molecule has 0 fully saturated rings. The summed E-state index contributed by atoms with van der Waals surface area (Å²) in [6, 6.07) is 9.26. The van der Waals surface area contributed by atoms with Crippen molar-refractivity contribution in [2.75, 3.05) is 0 Å². The van der Waals surface area contributed by atoms with E-state index in [9.17, 15) is 9.59 Å². The predicted octanol–water partition coefficient (Wildman–Crippen LogP) is 2.10. The van der Waals surface area contributed by atoms with Crippen molar-refractivity contribution in [1.82, 2.24) is 15.0 Å². The molecule has 0 atom stereocenters. The van der Waals surface area contributed by atoms with Gasteiger partial charge < -0.3 is 4.74 Å². The first-order valence-corrected chi connectivity index (χ1v) is 6.68. The van der Waals surface area contributed by atoms with Gasteiger partial charge in [0.2, 0.25) is 0 Å². The van der Waals surface area contributed by atoms with Crippen LogP contribution >= 0.6 is 0 Å². The third kappa shape index (κ3) is 3.53. The molecule has 110 valence electrons. The largest absolute Gasteiger partial charge is 0.462 e. The van der Waals surface area contributed by atoms with Gasteiger partial charge in [0.15, 0.2) is 11.5 Å². The van der Waals surface area contributed by atoms with E-state index in [4.69, 9.17) is 4.74 Å². The Hall–Kier alpha value is -2.50. The van der Waals surface area contributed by atoms with Gasteiger partial charge in [0, 0.05) is 12.5 Å². The Bertz CT molecular complexity index is 647. The number of hydrogen-bond acceptors (Lipinski definition) is 5. The number of Topliss-reactive ketones (excluding diaryl/α,β-unsaturated/α-hetero) is 1. The quantitative estimate of drug-likeness (QED) is 0.622. The Kier molecular flexibility index (Phi) is 4.47. The van der Waals surface area contributed by atoms with Gasteiger partial charge in [-0.3, -0.25) is 9.59 Å². The molecule has 0 bridgehead atoms. The number of nitrogens with zero attached hydrogens (tertiary/aromatic N) is 3. The Labute approximate surface area is 122 Å². The fourth-order valence-electron chi connectivity index (χ4n) is 1.97. The second-order valence-corrected chi connectivity index (χ2v) is 4.91. The topological polar surface area (TPSA) is 74.1 Å². The number of aromatic nitrogens is 3. The third-order valence-electron chi connectivity index (χ3n) is 2.76. The number of hydrogen-bond donors (Lipinski definition) is 0. The van der Waals surface area contributed by atoms with Gasteiger partial charge >= 0.3 is 5.97 Å². The van der Waals surface area contributed by atoms with Crippen LogP contribution in [0.1, 0.15) is 31.3 Å². The lowest BCUT2D eigenvalue weighted by Gasteiger charge is -2.10. The average molecular weight is 287 g/mol. The van der Waals surface area contributed by atoms with E-state index in [2.05, 4.69) is 10.3 Å². The average Bonchev–Trinajstić information content (AvgIpc) is 2.82. The molecule has 0 aliphatic carbocycles. The van der Waals surface area contributed by atoms with Gasteiger partial charge in [-0.2, -0.15) is 0 Å². The molecule has 0 N–H and O–H groups in total. The predicted molar refractivity (Wildman–Crippen MR) is 76.7 cm³/mol. The summed E-state index contributed by atoms with van der Waals surface area (Å²) in [5, 5.41) is 7.79. The highest BCUT2D eigenvalue weighted by molar-refractivity contribution is 5.98. The molecular weight excluding hydrogens is 270 g/mol. The molecule has 0 radical (unpaired) electrons. The van der Waals surface area contributed by atoms with Gasteiger partial charge in [-0.1, -0.05) is 35.5 Å². The molecule has 6 heteroatoms. The zero-order chi connectivity index (χ0) is 15.4. The van der Waals surface area contributed by atoms with Crippen LogP contribution in [0.3, 0.4) is 0 Å². The number of benzene rings is 1. The van der Waals surface area contributed by atoms with Crippen molar-refractivity contribution >= 4 is 11.8 Å². The summed E-state index contributed by atoms with van der Waals surface area (Å²) < 4.78 is 6.50. The number of ether oxygens (including phenoxy) is 1. The first-order valence-electron chi connectivity index (χ1n) is 6.68. The molecule has 0 aliphatic rings. The van der Waals surface area contributed by atoms with Crippen molar-refractivity contribution in [2.24, 2.45) is 0 Å². The van der Waals surface area contributed by atoms with E-state index < -0.39 is 5.97 Å². The molecule has 2 aromatic rings. The molecule has 0 spiro atoms. The maximum absolute atomic E-state index is 11.8. The van der Waals surface area contributed by atoms with Gasteiger partial charge in [-0.25, -0.2) is 4.68 Å². The first kappa shape index (κ1) is 14.9. The van der Waals surface area contributed by atoms with Crippen molar-refractivity contribution < 1.29 is 14.3 Å². The molecule has 6 nitrogen and oxygen atoms in total. The SMILES string of the molecule is CC(=O)c1nnn(CC(=O)OC(C)C)c1-c1ccccc1. The van der Waals surface area contributed by atoms with Crippen LogP contribution in [0.5, 0.6) is 0 Å². The van der Waals surface area contributed by atoms with Crippen LogP contribution in [0.2, 0.25) is 0 Å². The molecule has 0 saturated heterocycles. The van der Waals surface area contributed by atoms with E-state index in [1.165, 1.54) is 11.6 Å². The molecular formula is C15H17N3O3. The summed E-state index contributed by atoms with van der Waals surface area (Å²) in [5.74, 6) is -0.612. The van der Waals surface area contributed by atoms with Gasteiger partial charge in [0.1, 0.15) is 12.2 Å². The minimum atomic E-state index is -0.415. The summed E-state index contributed by atoms with van der Waals surface area (Å²) in [4.78, 5) is 23.5. The molecule has 0 unspecified atom stereocenters. The molecule has 2 rings (SSSR count). The van der Waals surface area contributed by atoms with Crippen molar-refractivity contribution in [2.45, 2.75) is 33.4 Å². The van der Waals surface area contributed by atoms with Crippen molar-refractivity contribution in [3.8, 4) is 11.3 Å². The van der Waals surface area contributed by atoms with Crippen molar-refractivity contribution in [1.29, 1.82) is 0 Å². The standard InChI is InChI=1S/C15H17N3O3/c1-10(2)21-13(20)9-18-15(12-7-5-4-6-8-12)14(11(3)19)16-17-18/h4-8,10H,9H2,1-3H3. The second kappa shape index (κ2) is 6.30. The molecule has 21 heavy (non-hydrogen) atoms. The molecule has 0 aliphatic heterocycles.